The lowest BCUT2D eigenvalue weighted by Crippen LogP contribution is -2.22. The predicted molar refractivity (Wildman–Crippen MR) is 260 cm³/mol. The molecule has 2 unspecified atom stereocenters. The first-order chi connectivity index (χ1) is 29.7. The standard InChI is InChI=1S/C56H42N2S2/c1-35-29-31-46(36-15-3-2-4-16-36)57-47(24-13-22-39(35)41-23-14-28-53-54(41)43-20-8-11-26-51(43)59-53)42-30-32-49(56-55(42)44-21-9-12-27-52(44)60-56)58-48-25-10-7-19-40(48)45-33-37-17-5-6-18-38(37)34-50(45)58/h2-12,14-21,23-28,30,32-34,55-56H,13,22,29,31H2,1H3/b39-35-,47-24-,57-46+. The molecule has 7 aromatic carbocycles. The Morgan fingerprint density at radius 1 is 0.617 bits per heavy atom. The molecule has 60 heavy (non-hydrogen) atoms. The van der Waals surface area contributed by atoms with Crippen molar-refractivity contribution in [1.82, 2.24) is 4.57 Å². The zero-order valence-corrected chi connectivity index (χ0v) is 35.1. The average molecular weight is 807 g/mol. The lowest BCUT2D eigenvalue weighted by molar-refractivity contribution is 0.810. The number of aromatic nitrogens is 1. The smallest absolute Gasteiger partial charge is 0.0632 e. The van der Waals surface area contributed by atoms with Crippen LogP contribution < -0.4 is 0 Å². The lowest BCUT2D eigenvalue weighted by atomic mass is 9.81. The number of thioether (sulfide) groups is 1. The zero-order chi connectivity index (χ0) is 39.7. The summed E-state index contributed by atoms with van der Waals surface area (Å²) in [5.74, 6) is 0.153. The van der Waals surface area contributed by atoms with Gasteiger partial charge in [0.05, 0.1) is 22.0 Å². The highest BCUT2D eigenvalue weighted by molar-refractivity contribution is 8.00. The Hall–Kier alpha value is -6.20. The normalized spacial score (nSPS) is 21.4. The van der Waals surface area contributed by atoms with E-state index in [-0.39, 0.29) is 11.2 Å². The van der Waals surface area contributed by atoms with Gasteiger partial charge in [-0.15, -0.1) is 23.1 Å². The van der Waals surface area contributed by atoms with Gasteiger partial charge in [-0.05, 0) is 114 Å². The van der Waals surface area contributed by atoms with Crippen molar-refractivity contribution in [3.8, 4) is 0 Å². The molecule has 4 heterocycles. The molecule has 1 aliphatic carbocycles. The fourth-order valence-electron chi connectivity index (χ4n) is 10.2. The van der Waals surface area contributed by atoms with Gasteiger partial charge in [0.2, 0.25) is 0 Å². The Bertz CT molecular complexity index is 3370. The summed E-state index contributed by atoms with van der Waals surface area (Å²) in [6.45, 7) is 2.36. The molecule has 2 nitrogen and oxygen atoms in total. The van der Waals surface area contributed by atoms with Crippen LogP contribution in [-0.4, -0.2) is 15.5 Å². The SMILES string of the molecule is C/C1=C(/c2cccc3sc4ccccc4c23)CC/C=C(C2=CC=C(n3c4ccccc4c4cc5ccccc5cc43)C3Sc4ccccc4C23)\N=C(\c2ccccc2)CC1. The number of allylic oxidation sites excluding steroid dienone is 6. The molecule has 0 saturated heterocycles. The molecule has 2 aromatic heterocycles. The van der Waals surface area contributed by atoms with Gasteiger partial charge in [-0.1, -0.05) is 139 Å². The van der Waals surface area contributed by atoms with Crippen LogP contribution in [0.15, 0.2) is 203 Å². The highest BCUT2D eigenvalue weighted by Crippen LogP contribution is 2.56. The summed E-state index contributed by atoms with van der Waals surface area (Å²) in [5, 5.41) is 8.08. The maximum Gasteiger partial charge on any atom is 0.0632 e. The number of thiophene rings is 1. The average Bonchev–Trinajstić information content (AvgIpc) is 3.98. The fraction of sp³-hybridized carbons (Fsp3) is 0.125. The van der Waals surface area contributed by atoms with Crippen LogP contribution in [0.1, 0.15) is 55.2 Å². The van der Waals surface area contributed by atoms with Crippen LogP contribution in [0.25, 0.3) is 64.0 Å². The molecular formula is C56H42N2S2. The van der Waals surface area contributed by atoms with E-state index in [1.165, 1.54) is 96.8 Å². The zero-order valence-electron chi connectivity index (χ0n) is 33.4. The lowest BCUT2D eigenvalue weighted by Gasteiger charge is -2.30. The van der Waals surface area contributed by atoms with E-state index in [0.29, 0.717) is 0 Å². The second-order valence-electron chi connectivity index (χ2n) is 16.4. The van der Waals surface area contributed by atoms with E-state index in [1.807, 2.05) is 23.1 Å². The van der Waals surface area contributed by atoms with Gasteiger partial charge in [0.15, 0.2) is 0 Å². The van der Waals surface area contributed by atoms with Crippen molar-refractivity contribution in [2.45, 2.75) is 48.7 Å². The van der Waals surface area contributed by atoms with Gasteiger partial charge in [0.1, 0.15) is 0 Å². The summed E-state index contributed by atoms with van der Waals surface area (Å²) in [4.78, 5) is 7.11. The van der Waals surface area contributed by atoms with Crippen molar-refractivity contribution in [3.63, 3.8) is 0 Å². The molecule has 2 atom stereocenters. The Kier molecular flexibility index (Phi) is 8.64. The third-order valence-electron chi connectivity index (χ3n) is 13.0. The summed E-state index contributed by atoms with van der Waals surface area (Å²) in [6.07, 6.45) is 11.0. The number of hydrogen-bond donors (Lipinski definition) is 0. The quantitative estimate of drug-likeness (QED) is 0.173. The highest BCUT2D eigenvalue weighted by Gasteiger charge is 2.42. The van der Waals surface area contributed by atoms with Gasteiger partial charge in [0.25, 0.3) is 0 Å². The van der Waals surface area contributed by atoms with E-state index in [0.717, 1.165) is 37.1 Å². The van der Waals surface area contributed by atoms with Crippen molar-refractivity contribution >= 4 is 92.8 Å². The van der Waals surface area contributed by atoms with Crippen molar-refractivity contribution in [3.05, 3.63) is 209 Å². The van der Waals surface area contributed by atoms with Gasteiger partial charge in [0, 0.05) is 53.2 Å². The number of aliphatic imine (C=N–C) groups is 1. The van der Waals surface area contributed by atoms with Gasteiger partial charge < -0.3 is 4.57 Å². The molecule has 12 rings (SSSR count). The summed E-state index contributed by atoms with van der Waals surface area (Å²) in [7, 11) is 0. The van der Waals surface area contributed by atoms with E-state index >= 15 is 0 Å². The van der Waals surface area contributed by atoms with Crippen LogP contribution >= 0.6 is 23.1 Å². The Labute approximate surface area is 358 Å². The molecule has 0 saturated carbocycles. The van der Waals surface area contributed by atoms with Crippen LogP contribution in [0, 0.1) is 0 Å². The van der Waals surface area contributed by atoms with E-state index < -0.39 is 0 Å². The number of para-hydroxylation sites is 1. The first-order valence-corrected chi connectivity index (χ1v) is 22.9. The van der Waals surface area contributed by atoms with Crippen molar-refractivity contribution in [2.24, 2.45) is 4.99 Å². The molecule has 288 valence electrons. The van der Waals surface area contributed by atoms with Crippen LogP contribution in [0.4, 0.5) is 0 Å². The molecule has 3 aliphatic rings. The summed E-state index contributed by atoms with van der Waals surface area (Å²) in [5.41, 5.74) is 14.4. The first kappa shape index (κ1) is 35.7. The molecule has 9 aromatic rings. The van der Waals surface area contributed by atoms with Crippen LogP contribution in [0.3, 0.4) is 0 Å². The van der Waals surface area contributed by atoms with Crippen LogP contribution in [-0.2, 0) is 0 Å². The number of rotatable bonds is 4. The molecule has 0 N–H and O–H groups in total. The molecule has 0 bridgehead atoms. The van der Waals surface area contributed by atoms with Gasteiger partial charge in [-0.2, -0.15) is 0 Å². The second kappa shape index (κ2) is 14.5. The van der Waals surface area contributed by atoms with Gasteiger partial charge in [-0.3, -0.25) is 4.99 Å². The predicted octanol–water partition coefficient (Wildman–Crippen LogP) is 15.8. The molecule has 0 spiro atoms. The van der Waals surface area contributed by atoms with E-state index in [1.54, 1.807) is 0 Å². The minimum Gasteiger partial charge on any atom is -0.312 e. The van der Waals surface area contributed by atoms with Crippen LogP contribution in [0.5, 0.6) is 0 Å². The highest BCUT2D eigenvalue weighted by atomic mass is 32.2. The van der Waals surface area contributed by atoms with Gasteiger partial charge >= 0.3 is 0 Å². The Morgan fingerprint density at radius 3 is 2.27 bits per heavy atom. The maximum absolute atomic E-state index is 5.74. The molecular weight excluding hydrogens is 765 g/mol. The van der Waals surface area contributed by atoms with Crippen molar-refractivity contribution in [2.75, 3.05) is 0 Å². The Balaban J connectivity index is 1.04. The van der Waals surface area contributed by atoms with E-state index in [2.05, 4.69) is 187 Å². The first-order valence-electron chi connectivity index (χ1n) is 21.2. The number of benzene rings is 7. The topological polar surface area (TPSA) is 17.3 Å². The molecule has 0 radical (unpaired) electrons. The fourth-order valence-corrected chi connectivity index (χ4v) is 12.8. The minimum atomic E-state index is 0.153. The summed E-state index contributed by atoms with van der Waals surface area (Å²) in [6, 6.07) is 58.4. The third kappa shape index (κ3) is 5.80. The monoisotopic (exact) mass is 806 g/mol. The molecule has 4 heteroatoms. The Morgan fingerprint density at radius 2 is 1.37 bits per heavy atom. The molecule has 0 amide bonds. The molecule has 2 aliphatic heterocycles. The largest absolute Gasteiger partial charge is 0.312 e. The number of hydrogen-bond acceptors (Lipinski definition) is 3. The van der Waals surface area contributed by atoms with Crippen molar-refractivity contribution < 1.29 is 0 Å². The molecule has 0 fully saturated rings. The van der Waals surface area contributed by atoms with E-state index in [9.17, 15) is 0 Å². The summed E-state index contributed by atoms with van der Waals surface area (Å²) < 4.78 is 5.29. The third-order valence-corrected chi connectivity index (χ3v) is 15.6. The van der Waals surface area contributed by atoms with Gasteiger partial charge in [-0.25, -0.2) is 0 Å². The van der Waals surface area contributed by atoms with Crippen molar-refractivity contribution in [1.29, 1.82) is 0 Å². The maximum atomic E-state index is 5.74. The second-order valence-corrected chi connectivity index (χ2v) is 18.7. The van der Waals surface area contributed by atoms with Crippen LogP contribution in [0.2, 0.25) is 0 Å². The van der Waals surface area contributed by atoms with E-state index in [4.69, 9.17) is 4.99 Å². The number of fused-ring (bicyclic) bond motifs is 10. The summed E-state index contributed by atoms with van der Waals surface area (Å²) >= 11 is 3.93. The minimum absolute atomic E-state index is 0.153. The number of nitrogens with zero attached hydrogens (tertiary/aromatic N) is 2.